The van der Waals surface area contributed by atoms with E-state index in [1.54, 1.807) is 6.33 Å². The smallest absolute Gasteiger partial charge is 0.116 e. The number of aromatic amines is 1. The van der Waals surface area contributed by atoms with Crippen LogP contribution in [0.2, 0.25) is 5.02 Å². The second kappa shape index (κ2) is 2.94. The van der Waals surface area contributed by atoms with E-state index in [1.807, 2.05) is 25.1 Å². The Morgan fingerprint density at radius 1 is 1.27 bits per heavy atom. The van der Waals surface area contributed by atoms with Crippen LogP contribution in [-0.2, 0) is 0 Å². The molecule has 15 heavy (non-hydrogen) atoms. The van der Waals surface area contributed by atoms with Crippen molar-refractivity contribution >= 4 is 33.5 Å². The Morgan fingerprint density at radius 2 is 2.13 bits per heavy atom. The van der Waals surface area contributed by atoms with Crippen molar-refractivity contribution in [3.63, 3.8) is 0 Å². The monoisotopic (exact) mass is 217 g/mol. The first-order valence-electron chi connectivity index (χ1n) is 4.64. The Labute approximate surface area is 91.1 Å². The molecular formula is C11H8ClN3. The van der Waals surface area contributed by atoms with Gasteiger partial charge in [-0.15, -0.1) is 0 Å². The fraction of sp³-hybridized carbons (Fsp3) is 0.0909. The first-order valence-corrected chi connectivity index (χ1v) is 5.02. The van der Waals surface area contributed by atoms with Crippen LogP contribution in [-0.4, -0.2) is 15.0 Å². The van der Waals surface area contributed by atoms with E-state index >= 15 is 0 Å². The summed E-state index contributed by atoms with van der Waals surface area (Å²) in [6.45, 7) is 1.98. The summed E-state index contributed by atoms with van der Waals surface area (Å²) in [5, 5.41) is 1.66. The first-order chi connectivity index (χ1) is 7.25. The van der Waals surface area contributed by atoms with Gasteiger partial charge in [0.2, 0.25) is 0 Å². The van der Waals surface area contributed by atoms with Gasteiger partial charge in [0.25, 0.3) is 0 Å². The lowest BCUT2D eigenvalue weighted by molar-refractivity contribution is 1.26. The number of hydrogen-bond donors (Lipinski definition) is 1. The number of rotatable bonds is 0. The molecule has 4 heteroatoms. The summed E-state index contributed by atoms with van der Waals surface area (Å²) < 4.78 is 0. The number of aromatic nitrogens is 3. The van der Waals surface area contributed by atoms with Gasteiger partial charge in [-0.1, -0.05) is 11.6 Å². The highest BCUT2D eigenvalue weighted by Gasteiger charge is 2.07. The number of aryl methyl sites for hydroxylation is 1. The number of halogens is 1. The fourth-order valence-electron chi connectivity index (χ4n) is 1.82. The van der Waals surface area contributed by atoms with Crippen LogP contribution in [0.1, 0.15) is 5.69 Å². The fourth-order valence-corrected chi connectivity index (χ4v) is 2.18. The van der Waals surface area contributed by atoms with Crippen molar-refractivity contribution in [3.8, 4) is 0 Å². The van der Waals surface area contributed by atoms with Crippen molar-refractivity contribution in [2.75, 3.05) is 0 Å². The molecule has 2 aromatic heterocycles. The summed E-state index contributed by atoms with van der Waals surface area (Å²) in [4.78, 5) is 11.6. The molecule has 3 rings (SSSR count). The maximum atomic E-state index is 6.21. The second-order valence-electron chi connectivity index (χ2n) is 3.53. The van der Waals surface area contributed by atoms with Gasteiger partial charge in [-0.2, -0.15) is 0 Å². The van der Waals surface area contributed by atoms with Gasteiger partial charge >= 0.3 is 0 Å². The molecule has 3 nitrogen and oxygen atoms in total. The zero-order valence-electron chi connectivity index (χ0n) is 8.08. The van der Waals surface area contributed by atoms with Crippen LogP contribution in [0.5, 0.6) is 0 Å². The summed E-state index contributed by atoms with van der Waals surface area (Å²) >= 11 is 6.21. The highest BCUT2D eigenvalue weighted by atomic mass is 35.5. The predicted molar refractivity (Wildman–Crippen MR) is 61.1 cm³/mol. The molecule has 0 unspecified atom stereocenters. The molecule has 0 atom stereocenters. The van der Waals surface area contributed by atoms with Crippen molar-refractivity contribution < 1.29 is 0 Å². The van der Waals surface area contributed by atoms with Crippen LogP contribution in [0.4, 0.5) is 0 Å². The second-order valence-corrected chi connectivity index (χ2v) is 3.94. The molecule has 0 amide bonds. The van der Waals surface area contributed by atoms with Crippen LogP contribution >= 0.6 is 11.6 Å². The standard InChI is InChI=1S/C11H8ClN3/c1-6-4-7(12)10-8(15-6)2-3-9-11(10)14-5-13-9/h2-5,15H,1H3. The molecule has 74 valence electrons. The molecule has 0 fully saturated rings. The van der Waals surface area contributed by atoms with Crippen LogP contribution in [0, 0.1) is 6.92 Å². The highest BCUT2D eigenvalue weighted by Crippen LogP contribution is 2.28. The number of pyridine rings is 1. The lowest BCUT2D eigenvalue weighted by atomic mass is 10.1. The zero-order chi connectivity index (χ0) is 10.4. The van der Waals surface area contributed by atoms with E-state index in [1.165, 1.54) is 0 Å². The molecule has 2 heterocycles. The zero-order valence-corrected chi connectivity index (χ0v) is 8.84. The molecule has 0 aliphatic rings. The molecule has 0 saturated heterocycles. The molecule has 0 saturated carbocycles. The third-order valence-electron chi connectivity index (χ3n) is 2.45. The van der Waals surface area contributed by atoms with Crippen LogP contribution in [0.25, 0.3) is 21.9 Å². The summed E-state index contributed by atoms with van der Waals surface area (Å²) in [5.41, 5.74) is 3.76. The number of hydrogen-bond acceptors (Lipinski definition) is 2. The van der Waals surface area contributed by atoms with Gasteiger partial charge in [0.05, 0.1) is 10.5 Å². The minimum atomic E-state index is 0.715. The Morgan fingerprint density at radius 3 is 3.00 bits per heavy atom. The van der Waals surface area contributed by atoms with Crippen molar-refractivity contribution in [3.05, 3.63) is 35.2 Å². The SMILES string of the molecule is Cc1cc(Cl)c2c(ccc3ncnc32)[nH]1. The number of nitrogens with zero attached hydrogens (tertiary/aromatic N) is 2. The number of benzene rings is 1. The van der Waals surface area contributed by atoms with Crippen molar-refractivity contribution in [2.45, 2.75) is 6.92 Å². The quantitative estimate of drug-likeness (QED) is 0.629. The van der Waals surface area contributed by atoms with Gasteiger partial charge in [0.15, 0.2) is 0 Å². The molecule has 3 aromatic rings. The van der Waals surface area contributed by atoms with Gasteiger partial charge in [0, 0.05) is 16.6 Å². The summed E-state index contributed by atoms with van der Waals surface area (Å²) in [6, 6.07) is 5.82. The molecule has 0 aliphatic heterocycles. The van der Waals surface area contributed by atoms with E-state index in [0.717, 1.165) is 27.6 Å². The summed E-state index contributed by atoms with van der Waals surface area (Å²) in [7, 11) is 0. The molecule has 1 aromatic carbocycles. The van der Waals surface area contributed by atoms with Crippen LogP contribution in [0.15, 0.2) is 24.5 Å². The van der Waals surface area contributed by atoms with E-state index in [0.29, 0.717) is 5.02 Å². The van der Waals surface area contributed by atoms with Crippen molar-refractivity contribution in [2.24, 2.45) is 0 Å². The third kappa shape index (κ3) is 1.20. The van der Waals surface area contributed by atoms with Gasteiger partial charge in [-0.25, -0.2) is 9.97 Å². The molecule has 0 spiro atoms. The average molecular weight is 218 g/mol. The topological polar surface area (TPSA) is 41.6 Å². The van der Waals surface area contributed by atoms with E-state index in [9.17, 15) is 0 Å². The molecular weight excluding hydrogens is 210 g/mol. The molecule has 0 radical (unpaired) electrons. The minimum absolute atomic E-state index is 0.715. The molecule has 0 aliphatic carbocycles. The average Bonchev–Trinajstić information content (AvgIpc) is 2.63. The van der Waals surface area contributed by atoms with Gasteiger partial charge in [0.1, 0.15) is 11.8 Å². The van der Waals surface area contributed by atoms with E-state index in [-0.39, 0.29) is 0 Å². The van der Waals surface area contributed by atoms with Crippen molar-refractivity contribution in [1.29, 1.82) is 0 Å². The van der Waals surface area contributed by atoms with Gasteiger partial charge in [-0.3, -0.25) is 0 Å². The normalized spacial score (nSPS) is 11.3. The Balaban J connectivity index is 2.62. The number of fused-ring (bicyclic) bond motifs is 3. The number of H-pyrrole nitrogens is 1. The first kappa shape index (κ1) is 8.68. The van der Waals surface area contributed by atoms with Crippen LogP contribution < -0.4 is 0 Å². The Bertz CT molecular complexity index is 657. The van der Waals surface area contributed by atoms with E-state index in [2.05, 4.69) is 15.0 Å². The lowest BCUT2D eigenvalue weighted by Crippen LogP contribution is -1.85. The van der Waals surface area contributed by atoms with E-state index in [4.69, 9.17) is 11.6 Å². The van der Waals surface area contributed by atoms with Gasteiger partial charge in [-0.05, 0) is 25.1 Å². The maximum Gasteiger partial charge on any atom is 0.116 e. The van der Waals surface area contributed by atoms with Crippen LogP contribution in [0.3, 0.4) is 0 Å². The molecule has 0 bridgehead atoms. The third-order valence-corrected chi connectivity index (χ3v) is 2.75. The number of imidazole rings is 1. The summed E-state index contributed by atoms with van der Waals surface area (Å²) in [6.07, 6.45) is 1.56. The molecule has 1 N–H and O–H groups in total. The maximum absolute atomic E-state index is 6.21. The Hall–Kier alpha value is -1.61. The number of nitrogens with one attached hydrogen (secondary N) is 1. The van der Waals surface area contributed by atoms with Gasteiger partial charge < -0.3 is 4.98 Å². The highest BCUT2D eigenvalue weighted by molar-refractivity contribution is 6.37. The Kier molecular flexibility index (Phi) is 1.70. The predicted octanol–water partition coefficient (Wildman–Crippen LogP) is 3.07. The lowest BCUT2D eigenvalue weighted by Gasteiger charge is -2.03. The van der Waals surface area contributed by atoms with E-state index < -0.39 is 0 Å². The summed E-state index contributed by atoms with van der Waals surface area (Å²) in [5.74, 6) is 0. The largest absolute Gasteiger partial charge is 0.359 e. The van der Waals surface area contributed by atoms with Crippen molar-refractivity contribution in [1.82, 2.24) is 15.0 Å². The minimum Gasteiger partial charge on any atom is -0.359 e.